The predicted molar refractivity (Wildman–Crippen MR) is 125 cm³/mol. The fourth-order valence-corrected chi connectivity index (χ4v) is 4.47. The summed E-state index contributed by atoms with van der Waals surface area (Å²) >= 11 is 9.37. The third-order valence-electron chi connectivity index (χ3n) is 5.84. The van der Waals surface area contributed by atoms with Gasteiger partial charge in [0.25, 0.3) is 5.91 Å². The highest BCUT2D eigenvalue weighted by atomic mass is 79.9. The number of hydrogen-bond donors (Lipinski definition) is 1. The molecule has 0 fully saturated rings. The minimum absolute atomic E-state index is 0.303. The van der Waals surface area contributed by atoms with Crippen molar-refractivity contribution in [1.29, 1.82) is 0 Å². The summed E-state index contributed by atoms with van der Waals surface area (Å²) in [5, 5.41) is 12.2. The Morgan fingerprint density at radius 1 is 1.10 bits per heavy atom. The monoisotopic (exact) mass is 497 g/mol. The number of halogens is 2. The van der Waals surface area contributed by atoms with Crippen LogP contribution in [0.3, 0.4) is 0 Å². The number of Topliss-reactive ketones (excluding diaryl/α,β-unsaturated/α-hetero) is 1. The predicted octanol–water partition coefficient (Wildman–Crippen LogP) is 5.66. The van der Waals surface area contributed by atoms with E-state index in [1.165, 1.54) is 0 Å². The number of fused-ring (bicyclic) bond motifs is 1. The molecule has 0 aromatic heterocycles. The minimum atomic E-state index is -1.97. The largest absolute Gasteiger partial charge is 0.375 e. The lowest BCUT2D eigenvalue weighted by atomic mass is 9.79. The smallest absolute Gasteiger partial charge is 0.264 e. The third-order valence-corrected chi connectivity index (χ3v) is 6.59. The summed E-state index contributed by atoms with van der Waals surface area (Å²) in [6.07, 6.45) is 0. The van der Waals surface area contributed by atoms with Gasteiger partial charge in [-0.05, 0) is 55.0 Å². The number of anilines is 1. The van der Waals surface area contributed by atoms with Crippen molar-refractivity contribution in [3.8, 4) is 0 Å². The quantitative estimate of drug-likeness (QED) is 0.462. The highest BCUT2D eigenvalue weighted by Crippen LogP contribution is 2.47. The number of carbonyl (C=O) groups is 2. The lowest BCUT2D eigenvalue weighted by molar-refractivity contribution is -0.139. The Morgan fingerprint density at radius 3 is 2.39 bits per heavy atom. The molecule has 1 amide bonds. The van der Waals surface area contributed by atoms with Gasteiger partial charge in [-0.2, -0.15) is 0 Å². The second-order valence-corrected chi connectivity index (χ2v) is 9.25. The maximum Gasteiger partial charge on any atom is 0.264 e. The van der Waals surface area contributed by atoms with Gasteiger partial charge in [-0.25, -0.2) is 0 Å². The zero-order chi connectivity index (χ0) is 22.3. The summed E-state index contributed by atoms with van der Waals surface area (Å²) in [7, 11) is 0. The maximum absolute atomic E-state index is 13.6. The summed E-state index contributed by atoms with van der Waals surface area (Å²) in [5.74, 6) is -1.82. The Hall–Kier alpha value is -2.47. The van der Waals surface area contributed by atoms with Crippen molar-refractivity contribution < 1.29 is 14.7 Å². The molecule has 1 N–H and O–H groups in total. The van der Waals surface area contributed by atoms with Crippen LogP contribution in [0.1, 0.15) is 34.0 Å². The third kappa shape index (κ3) is 3.82. The molecule has 158 valence electrons. The molecule has 1 aliphatic heterocycles. The highest BCUT2D eigenvalue weighted by Gasteiger charge is 2.55. The van der Waals surface area contributed by atoms with E-state index in [1.54, 1.807) is 48.2 Å². The van der Waals surface area contributed by atoms with E-state index in [0.717, 1.165) is 15.6 Å². The molecule has 4 nitrogen and oxygen atoms in total. The van der Waals surface area contributed by atoms with Gasteiger partial charge in [-0.3, -0.25) is 9.59 Å². The Labute approximate surface area is 194 Å². The Morgan fingerprint density at radius 2 is 1.74 bits per heavy atom. The topological polar surface area (TPSA) is 57.6 Å². The number of aliphatic hydroxyl groups is 1. The van der Waals surface area contributed by atoms with E-state index in [2.05, 4.69) is 15.9 Å². The van der Waals surface area contributed by atoms with Crippen LogP contribution in [0.5, 0.6) is 0 Å². The molecule has 31 heavy (non-hydrogen) atoms. The zero-order valence-electron chi connectivity index (χ0n) is 17.1. The van der Waals surface area contributed by atoms with Crippen molar-refractivity contribution in [3.63, 3.8) is 0 Å². The van der Waals surface area contributed by atoms with Crippen LogP contribution in [0.4, 0.5) is 5.69 Å². The van der Waals surface area contributed by atoms with Crippen LogP contribution < -0.4 is 4.90 Å². The molecule has 0 unspecified atom stereocenters. The van der Waals surface area contributed by atoms with Gasteiger partial charge in [-0.1, -0.05) is 64.3 Å². The van der Waals surface area contributed by atoms with Gasteiger partial charge in [0.15, 0.2) is 11.4 Å². The van der Waals surface area contributed by atoms with Gasteiger partial charge in [0.1, 0.15) is 0 Å². The van der Waals surface area contributed by atoms with Crippen molar-refractivity contribution in [2.45, 2.75) is 26.0 Å². The first-order valence-electron chi connectivity index (χ1n) is 9.91. The molecule has 2 atom stereocenters. The van der Waals surface area contributed by atoms with Gasteiger partial charge in [0.2, 0.25) is 0 Å². The second kappa shape index (κ2) is 8.23. The van der Waals surface area contributed by atoms with E-state index in [4.69, 9.17) is 11.6 Å². The number of nitrogens with zero attached hydrogens (tertiary/aromatic N) is 1. The van der Waals surface area contributed by atoms with E-state index < -0.39 is 17.4 Å². The summed E-state index contributed by atoms with van der Waals surface area (Å²) in [4.78, 5) is 28.3. The average Bonchev–Trinajstić information content (AvgIpc) is 2.97. The van der Waals surface area contributed by atoms with E-state index in [1.807, 2.05) is 37.3 Å². The Kier molecular flexibility index (Phi) is 5.77. The van der Waals surface area contributed by atoms with Crippen molar-refractivity contribution >= 4 is 44.9 Å². The van der Waals surface area contributed by atoms with Gasteiger partial charge >= 0.3 is 0 Å². The molecule has 0 saturated carbocycles. The molecule has 3 aromatic carbocycles. The summed E-state index contributed by atoms with van der Waals surface area (Å²) in [6.45, 7) is 3.90. The molecule has 0 spiro atoms. The normalized spacial score (nSPS) is 18.7. The van der Waals surface area contributed by atoms with Crippen LogP contribution in [0, 0.1) is 12.8 Å². The highest BCUT2D eigenvalue weighted by molar-refractivity contribution is 9.10. The second-order valence-electron chi connectivity index (χ2n) is 7.90. The number of aryl methyl sites for hydroxylation is 1. The molecule has 6 heteroatoms. The van der Waals surface area contributed by atoms with E-state index in [9.17, 15) is 14.7 Å². The first kappa shape index (κ1) is 21.8. The Bertz CT molecular complexity index is 1160. The molecule has 0 saturated heterocycles. The Balaban J connectivity index is 1.75. The summed E-state index contributed by atoms with van der Waals surface area (Å²) < 4.78 is 0.723. The van der Waals surface area contributed by atoms with Crippen molar-refractivity contribution in [3.05, 3.63) is 98.5 Å². The summed E-state index contributed by atoms with van der Waals surface area (Å²) in [6, 6.07) is 19.7. The van der Waals surface area contributed by atoms with Gasteiger partial charge in [-0.15, -0.1) is 0 Å². The SMILES string of the molecule is Cc1ccc(CN2C(=O)[C@@](O)([C@@H](C)C(=O)c3ccc(Cl)cc3)c3cc(Br)ccc32)cc1. The standard InChI is InChI=1S/C25H21BrClNO3/c1-15-3-5-17(6-4-15)14-28-22-12-9-19(26)13-21(22)25(31,24(28)30)16(2)23(29)18-7-10-20(27)11-8-18/h3-13,16,31H,14H2,1-2H3/t16-,25+/m0/s1. The van der Waals surface area contributed by atoms with E-state index in [0.29, 0.717) is 28.4 Å². The molecular weight excluding hydrogens is 478 g/mol. The minimum Gasteiger partial charge on any atom is -0.375 e. The fourth-order valence-electron chi connectivity index (χ4n) is 3.98. The van der Waals surface area contributed by atoms with Crippen LogP contribution in [0.25, 0.3) is 0 Å². The van der Waals surface area contributed by atoms with Crippen LogP contribution in [0.15, 0.2) is 71.2 Å². The number of hydrogen-bond acceptors (Lipinski definition) is 3. The summed E-state index contributed by atoms with van der Waals surface area (Å²) in [5.41, 5.74) is 1.52. The number of benzene rings is 3. The van der Waals surface area contributed by atoms with Gasteiger partial charge in [0.05, 0.1) is 18.2 Å². The van der Waals surface area contributed by atoms with Crippen molar-refractivity contribution in [2.75, 3.05) is 4.90 Å². The number of ketones is 1. The molecule has 4 rings (SSSR count). The molecule has 1 heterocycles. The molecule has 0 bridgehead atoms. The first-order valence-corrected chi connectivity index (χ1v) is 11.1. The van der Waals surface area contributed by atoms with Crippen molar-refractivity contribution in [1.82, 2.24) is 0 Å². The first-order chi connectivity index (χ1) is 14.7. The van der Waals surface area contributed by atoms with E-state index >= 15 is 0 Å². The molecular formula is C25H21BrClNO3. The van der Waals surface area contributed by atoms with Crippen LogP contribution >= 0.6 is 27.5 Å². The average molecular weight is 499 g/mol. The zero-order valence-corrected chi connectivity index (χ0v) is 19.4. The number of carbonyl (C=O) groups excluding carboxylic acids is 2. The lowest BCUT2D eigenvalue weighted by Gasteiger charge is -2.28. The van der Waals surface area contributed by atoms with Crippen LogP contribution in [0.2, 0.25) is 5.02 Å². The molecule has 3 aromatic rings. The number of rotatable bonds is 5. The molecule has 1 aliphatic rings. The fraction of sp³-hybridized carbons (Fsp3) is 0.200. The van der Waals surface area contributed by atoms with Gasteiger partial charge < -0.3 is 10.0 Å². The molecule has 0 aliphatic carbocycles. The van der Waals surface area contributed by atoms with Crippen molar-refractivity contribution in [2.24, 2.45) is 5.92 Å². The van der Waals surface area contributed by atoms with Gasteiger partial charge in [0, 0.05) is 20.6 Å². The maximum atomic E-state index is 13.6. The molecule has 0 radical (unpaired) electrons. The van der Waals surface area contributed by atoms with Crippen LogP contribution in [-0.2, 0) is 16.9 Å². The van der Waals surface area contributed by atoms with Crippen LogP contribution in [-0.4, -0.2) is 16.8 Å². The number of amides is 1. The van der Waals surface area contributed by atoms with E-state index in [-0.39, 0.29) is 5.78 Å². The lowest BCUT2D eigenvalue weighted by Crippen LogP contribution is -2.47.